The number of carbonyl (C=O) groups is 1. The summed E-state index contributed by atoms with van der Waals surface area (Å²) < 4.78 is 5.64. The number of nitrogens with one attached hydrogen (secondary N) is 2. The normalized spacial score (nSPS) is 17.0. The smallest absolute Gasteiger partial charge is 0.257 e. The molecule has 1 fully saturated rings. The maximum Gasteiger partial charge on any atom is 0.257 e. The van der Waals surface area contributed by atoms with Gasteiger partial charge >= 0.3 is 0 Å². The fraction of sp³-hybridized carbons (Fsp3) is 0.364. The Morgan fingerprint density at radius 1 is 1.15 bits per heavy atom. The number of nitrogens with zero attached hydrogens (tertiary/aromatic N) is 1. The molecule has 1 unspecified atom stereocenters. The van der Waals surface area contributed by atoms with Gasteiger partial charge in [-0.1, -0.05) is 36.8 Å². The minimum Gasteiger partial charge on any atom is -0.376 e. The van der Waals surface area contributed by atoms with E-state index < -0.39 is 0 Å². The molecule has 0 aromatic heterocycles. The standard InChI is InChI=1S/C22H27N3O2/c1-3-17-8-10-18(11-9-17)21(26)25-22(23-15-20-5-4-14-27-20)24-19-12-6-16(2)7-13-19/h6-13,20H,3-5,14-15H2,1-2H3,(H2,23,24,25,26). The second-order valence-corrected chi connectivity index (χ2v) is 6.82. The fourth-order valence-electron chi connectivity index (χ4n) is 2.94. The van der Waals surface area contributed by atoms with Crippen LogP contribution in [-0.2, 0) is 11.2 Å². The number of ether oxygens (including phenoxy) is 1. The highest BCUT2D eigenvalue weighted by Gasteiger charge is 2.16. The van der Waals surface area contributed by atoms with Crippen LogP contribution in [0.5, 0.6) is 0 Å². The number of rotatable bonds is 5. The van der Waals surface area contributed by atoms with E-state index in [0.717, 1.165) is 31.6 Å². The third-order valence-electron chi connectivity index (χ3n) is 4.65. The molecular formula is C22H27N3O2. The number of carbonyl (C=O) groups excluding carboxylic acids is 1. The predicted octanol–water partition coefficient (Wildman–Crippen LogP) is 3.93. The van der Waals surface area contributed by atoms with Crippen LogP contribution in [0.1, 0.15) is 41.3 Å². The highest BCUT2D eigenvalue weighted by molar-refractivity contribution is 6.09. The lowest BCUT2D eigenvalue weighted by Crippen LogP contribution is -2.36. The number of hydrogen-bond acceptors (Lipinski definition) is 3. The summed E-state index contributed by atoms with van der Waals surface area (Å²) in [7, 11) is 0. The van der Waals surface area contributed by atoms with Gasteiger partial charge in [0.2, 0.25) is 5.96 Å². The van der Waals surface area contributed by atoms with Crippen molar-refractivity contribution in [2.45, 2.75) is 39.2 Å². The topological polar surface area (TPSA) is 62.7 Å². The van der Waals surface area contributed by atoms with Crippen molar-refractivity contribution in [1.29, 1.82) is 0 Å². The fourth-order valence-corrected chi connectivity index (χ4v) is 2.94. The third kappa shape index (κ3) is 5.66. The molecule has 0 bridgehead atoms. The average Bonchev–Trinajstić information content (AvgIpc) is 3.21. The van der Waals surface area contributed by atoms with Crippen molar-refractivity contribution in [2.24, 2.45) is 4.99 Å². The van der Waals surface area contributed by atoms with Crippen LogP contribution in [0.2, 0.25) is 0 Å². The molecule has 0 radical (unpaired) electrons. The number of aryl methyl sites for hydroxylation is 2. The lowest BCUT2D eigenvalue weighted by molar-refractivity contribution is 0.0975. The van der Waals surface area contributed by atoms with Gasteiger partial charge in [0, 0.05) is 17.9 Å². The molecule has 1 amide bonds. The zero-order chi connectivity index (χ0) is 19.1. The Kier molecular flexibility index (Phi) is 6.60. The summed E-state index contributed by atoms with van der Waals surface area (Å²) in [4.78, 5) is 17.2. The van der Waals surface area contributed by atoms with Crippen LogP contribution in [0.3, 0.4) is 0 Å². The number of guanidine groups is 1. The summed E-state index contributed by atoms with van der Waals surface area (Å²) in [6.45, 7) is 5.45. The minimum absolute atomic E-state index is 0.126. The van der Waals surface area contributed by atoms with Gasteiger partial charge < -0.3 is 10.1 Å². The van der Waals surface area contributed by atoms with Gasteiger partial charge in [0.25, 0.3) is 5.91 Å². The number of amides is 1. The van der Waals surface area contributed by atoms with E-state index in [4.69, 9.17) is 4.74 Å². The largest absolute Gasteiger partial charge is 0.376 e. The number of anilines is 1. The van der Waals surface area contributed by atoms with E-state index >= 15 is 0 Å². The summed E-state index contributed by atoms with van der Waals surface area (Å²) in [5.74, 6) is 0.266. The Bertz CT molecular complexity index is 776. The Morgan fingerprint density at radius 2 is 1.89 bits per heavy atom. The molecular weight excluding hydrogens is 338 g/mol. The molecule has 2 N–H and O–H groups in total. The number of benzene rings is 2. The lowest BCUT2D eigenvalue weighted by atomic mass is 10.1. The van der Waals surface area contributed by atoms with Crippen molar-refractivity contribution in [2.75, 3.05) is 18.5 Å². The minimum atomic E-state index is -0.177. The Hall–Kier alpha value is -2.66. The summed E-state index contributed by atoms with van der Waals surface area (Å²) >= 11 is 0. The second-order valence-electron chi connectivity index (χ2n) is 6.82. The summed E-state index contributed by atoms with van der Waals surface area (Å²) in [5.41, 5.74) is 3.88. The first kappa shape index (κ1) is 19.1. The zero-order valence-electron chi connectivity index (χ0n) is 16.0. The molecule has 1 aliphatic heterocycles. The predicted molar refractivity (Wildman–Crippen MR) is 109 cm³/mol. The van der Waals surface area contributed by atoms with Crippen molar-refractivity contribution in [1.82, 2.24) is 5.32 Å². The van der Waals surface area contributed by atoms with Crippen molar-refractivity contribution in [3.05, 3.63) is 65.2 Å². The first-order chi connectivity index (χ1) is 13.1. The van der Waals surface area contributed by atoms with Gasteiger partial charge in [-0.15, -0.1) is 0 Å². The van der Waals surface area contributed by atoms with Crippen LogP contribution in [0, 0.1) is 6.92 Å². The van der Waals surface area contributed by atoms with E-state index in [-0.39, 0.29) is 12.0 Å². The molecule has 27 heavy (non-hydrogen) atoms. The highest BCUT2D eigenvalue weighted by Crippen LogP contribution is 2.13. The van der Waals surface area contributed by atoms with Crippen LogP contribution in [-0.4, -0.2) is 31.1 Å². The summed E-state index contributed by atoms with van der Waals surface area (Å²) in [6.07, 6.45) is 3.15. The van der Waals surface area contributed by atoms with Crippen LogP contribution < -0.4 is 10.6 Å². The van der Waals surface area contributed by atoms with E-state index in [0.29, 0.717) is 18.1 Å². The molecule has 1 heterocycles. The summed E-state index contributed by atoms with van der Waals surface area (Å²) in [5, 5.41) is 6.12. The maximum atomic E-state index is 12.6. The molecule has 0 spiro atoms. The molecule has 1 saturated heterocycles. The highest BCUT2D eigenvalue weighted by atomic mass is 16.5. The molecule has 3 rings (SSSR count). The van der Waals surface area contributed by atoms with E-state index in [1.807, 2.05) is 55.5 Å². The molecule has 0 aliphatic carbocycles. The Labute approximate surface area is 160 Å². The molecule has 142 valence electrons. The molecule has 2 aromatic carbocycles. The number of hydrogen-bond donors (Lipinski definition) is 2. The van der Waals surface area contributed by atoms with Gasteiger partial charge in [-0.05, 0) is 56.0 Å². The molecule has 5 heteroatoms. The van der Waals surface area contributed by atoms with Gasteiger partial charge in [-0.3, -0.25) is 10.1 Å². The van der Waals surface area contributed by atoms with Crippen LogP contribution in [0.4, 0.5) is 5.69 Å². The Morgan fingerprint density at radius 3 is 2.52 bits per heavy atom. The van der Waals surface area contributed by atoms with Crippen molar-refractivity contribution in [3.8, 4) is 0 Å². The molecule has 1 atom stereocenters. The van der Waals surface area contributed by atoms with E-state index in [9.17, 15) is 4.79 Å². The van der Waals surface area contributed by atoms with Gasteiger partial charge in [0.15, 0.2) is 0 Å². The van der Waals surface area contributed by atoms with Crippen LogP contribution in [0.25, 0.3) is 0 Å². The van der Waals surface area contributed by atoms with Crippen molar-refractivity contribution >= 4 is 17.6 Å². The van der Waals surface area contributed by atoms with E-state index in [1.165, 1.54) is 11.1 Å². The zero-order valence-corrected chi connectivity index (χ0v) is 16.0. The Balaban J connectivity index is 1.71. The second kappa shape index (κ2) is 9.33. The van der Waals surface area contributed by atoms with Gasteiger partial charge in [0.05, 0.1) is 12.6 Å². The SMILES string of the molecule is CCc1ccc(C(=O)NC(=NCC2CCCO2)Nc2ccc(C)cc2)cc1. The van der Waals surface area contributed by atoms with Gasteiger partial charge in [0.1, 0.15) is 0 Å². The van der Waals surface area contributed by atoms with E-state index in [1.54, 1.807) is 0 Å². The first-order valence-electron chi connectivity index (χ1n) is 9.54. The van der Waals surface area contributed by atoms with E-state index in [2.05, 4.69) is 22.5 Å². The van der Waals surface area contributed by atoms with Crippen molar-refractivity contribution in [3.63, 3.8) is 0 Å². The molecule has 0 saturated carbocycles. The average molecular weight is 365 g/mol. The van der Waals surface area contributed by atoms with Crippen LogP contribution in [0.15, 0.2) is 53.5 Å². The number of aliphatic imine (C=N–C) groups is 1. The van der Waals surface area contributed by atoms with Crippen LogP contribution >= 0.6 is 0 Å². The first-order valence-corrected chi connectivity index (χ1v) is 9.54. The molecule has 2 aromatic rings. The molecule has 1 aliphatic rings. The monoisotopic (exact) mass is 365 g/mol. The van der Waals surface area contributed by atoms with Crippen molar-refractivity contribution < 1.29 is 9.53 Å². The maximum absolute atomic E-state index is 12.6. The molecule has 5 nitrogen and oxygen atoms in total. The quantitative estimate of drug-likeness (QED) is 0.623. The third-order valence-corrected chi connectivity index (χ3v) is 4.65. The van der Waals surface area contributed by atoms with Gasteiger partial charge in [-0.25, -0.2) is 4.99 Å². The summed E-state index contributed by atoms with van der Waals surface area (Å²) in [6, 6.07) is 15.6. The van der Waals surface area contributed by atoms with Gasteiger partial charge in [-0.2, -0.15) is 0 Å². The lowest BCUT2D eigenvalue weighted by Gasteiger charge is -2.14.